The summed E-state index contributed by atoms with van der Waals surface area (Å²) in [5.74, 6) is 0.200. The summed E-state index contributed by atoms with van der Waals surface area (Å²) >= 11 is 9.85. The maximum atomic E-state index is 10.2. The van der Waals surface area contributed by atoms with Crippen LogP contribution >= 0.6 is 27.5 Å². The van der Waals surface area contributed by atoms with Gasteiger partial charge in [0.25, 0.3) is 0 Å². The van der Waals surface area contributed by atoms with Crippen LogP contribution < -0.4 is 0 Å². The van der Waals surface area contributed by atoms with Crippen molar-refractivity contribution in [3.8, 4) is 16.9 Å². The molecule has 1 nitrogen and oxygen atoms in total. The van der Waals surface area contributed by atoms with Crippen molar-refractivity contribution in [2.24, 2.45) is 0 Å². The van der Waals surface area contributed by atoms with Crippen LogP contribution in [0.3, 0.4) is 0 Å². The van der Waals surface area contributed by atoms with Crippen molar-refractivity contribution in [3.63, 3.8) is 0 Å². The molecule has 0 spiro atoms. The van der Waals surface area contributed by atoms with E-state index in [1.54, 1.807) is 6.07 Å². The molecule has 0 saturated carbocycles. The van der Waals surface area contributed by atoms with Crippen molar-refractivity contribution in [2.45, 2.75) is 0 Å². The summed E-state index contributed by atoms with van der Waals surface area (Å²) in [7, 11) is 0. The molecular formula is C16H10BrClO. The summed E-state index contributed by atoms with van der Waals surface area (Å²) in [4.78, 5) is 0. The summed E-state index contributed by atoms with van der Waals surface area (Å²) < 4.78 is 0.993. The molecule has 0 aliphatic rings. The Kier molecular flexibility index (Phi) is 3.21. The van der Waals surface area contributed by atoms with Gasteiger partial charge in [0, 0.05) is 15.4 Å². The van der Waals surface area contributed by atoms with Gasteiger partial charge in [-0.05, 0) is 29.1 Å². The van der Waals surface area contributed by atoms with Gasteiger partial charge >= 0.3 is 0 Å². The predicted molar refractivity (Wildman–Crippen MR) is 83.8 cm³/mol. The topological polar surface area (TPSA) is 20.2 Å². The number of hydrogen-bond donors (Lipinski definition) is 1. The highest BCUT2D eigenvalue weighted by Crippen LogP contribution is 2.41. The van der Waals surface area contributed by atoms with Crippen molar-refractivity contribution in [3.05, 3.63) is 64.1 Å². The highest BCUT2D eigenvalue weighted by atomic mass is 79.9. The van der Waals surface area contributed by atoms with E-state index in [1.165, 1.54) is 0 Å². The molecule has 3 heteroatoms. The lowest BCUT2D eigenvalue weighted by Gasteiger charge is -2.11. The van der Waals surface area contributed by atoms with Crippen molar-refractivity contribution in [1.82, 2.24) is 0 Å². The van der Waals surface area contributed by atoms with E-state index in [1.807, 2.05) is 48.5 Å². The van der Waals surface area contributed by atoms with E-state index in [9.17, 15) is 5.11 Å². The average molecular weight is 334 g/mol. The molecule has 0 saturated heterocycles. The van der Waals surface area contributed by atoms with E-state index >= 15 is 0 Å². The van der Waals surface area contributed by atoms with E-state index in [0.717, 1.165) is 20.8 Å². The number of benzene rings is 3. The number of fused-ring (bicyclic) bond motifs is 1. The molecule has 3 rings (SSSR count). The molecule has 3 aromatic carbocycles. The number of phenols is 1. The fourth-order valence-electron chi connectivity index (χ4n) is 2.18. The minimum Gasteiger partial charge on any atom is -0.507 e. The van der Waals surface area contributed by atoms with Gasteiger partial charge in [0.1, 0.15) is 5.75 Å². The lowest BCUT2D eigenvalue weighted by atomic mass is 10.00. The Morgan fingerprint density at radius 2 is 1.63 bits per heavy atom. The number of hydrogen-bond acceptors (Lipinski definition) is 1. The highest BCUT2D eigenvalue weighted by molar-refractivity contribution is 9.10. The molecule has 0 fully saturated rings. The van der Waals surface area contributed by atoms with Crippen LogP contribution in [0.2, 0.25) is 5.02 Å². The molecule has 0 radical (unpaired) electrons. The smallest absolute Gasteiger partial charge is 0.125 e. The molecule has 0 aliphatic carbocycles. The van der Waals surface area contributed by atoms with Crippen LogP contribution in [0.25, 0.3) is 21.9 Å². The van der Waals surface area contributed by atoms with Crippen molar-refractivity contribution in [1.29, 1.82) is 0 Å². The molecular weight excluding hydrogens is 324 g/mol. The van der Waals surface area contributed by atoms with Gasteiger partial charge in [0.2, 0.25) is 0 Å². The molecule has 94 valence electrons. The van der Waals surface area contributed by atoms with E-state index in [4.69, 9.17) is 11.6 Å². The van der Waals surface area contributed by atoms with Gasteiger partial charge in [-0.25, -0.2) is 0 Å². The minimum absolute atomic E-state index is 0.200. The molecule has 0 bridgehead atoms. The van der Waals surface area contributed by atoms with E-state index < -0.39 is 0 Å². The first-order valence-electron chi connectivity index (χ1n) is 5.83. The predicted octanol–water partition coefficient (Wildman–Crippen LogP) is 5.63. The number of phenolic OH excluding ortho intramolecular Hbond substituents is 1. The van der Waals surface area contributed by atoms with Crippen molar-refractivity contribution in [2.75, 3.05) is 0 Å². The highest BCUT2D eigenvalue weighted by Gasteiger charge is 2.13. The summed E-state index contributed by atoms with van der Waals surface area (Å²) in [6, 6.07) is 17.2. The lowest BCUT2D eigenvalue weighted by Crippen LogP contribution is -1.84. The first-order valence-corrected chi connectivity index (χ1v) is 7.00. The van der Waals surface area contributed by atoms with Crippen LogP contribution in [0.1, 0.15) is 0 Å². The number of rotatable bonds is 1. The van der Waals surface area contributed by atoms with E-state index in [2.05, 4.69) is 15.9 Å². The van der Waals surface area contributed by atoms with Gasteiger partial charge in [0.05, 0.1) is 5.02 Å². The monoisotopic (exact) mass is 332 g/mol. The Labute approximate surface area is 124 Å². The van der Waals surface area contributed by atoms with Crippen molar-refractivity contribution < 1.29 is 5.11 Å². The quantitative estimate of drug-likeness (QED) is 0.612. The van der Waals surface area contributed by atoms with E-state index in [-0.39, 0.29) is 5.75 Å². The van der Waals surface area contributed by atoms with Gasteiger partial charge in [-0.15, -0.1) is 0 Å². The van der Waals surface area contributed by atoms with Crippen LogP contribution in [-0.4, -0.2) is 5.11 Å². The Morgan fingerprint density at radius 1 is 0.947 bits per heavy atom. The second-order valence-corrected chi connectivity index (χ2v) is 5.61. The van der Waals surface area contributed by atoms with Gasteiger partial charge in [0.15, 0.2) is 0 Å². The van der Waals surface area contributed by atoms with Crippen LogP contribution in [0.5, 0.6) is 5.75 Å². The zero-order valence-electron chi connectivity index (χ0n) is 9.90. The van der Waals surface area contributed by atoms with Gasteiger partial charge in [-0.3, -0.25) is 0 Å². The summed E-state index contributed by atoms with van der Waals surface area (Å²) in [5, 5.41) is 12.7. The second-order valence-electron chi connectivity index (χ2n) is 4.31. The average Bonchev–Trinajstić information content (AvgIpc) is 2.41. The van der Waals surface area contributed by atoms with Gasteiger partial charge in [-0.1, -0.05) is 63.9 Å². The largest absolute Gasteiger partial charge is 0.507 e. The minimum atomic E-state index is 0.200. The van der Waals surface area contributed by atoms with Crippen LogP contribution in [0.15, 0.2) is 59.1 Å². The summed E-state index contributed by atoms with van der Waals surface area (Å²) in [6.07, 6.45) is 0. The Balaban J connectivity index is 2.31. The normalized spacial score (nSPS) is 10.8. The Hall–Kier alpha value is -1.51. The third-order valence-corrected chi connectivity index (χ3v) is 4.02. The summed E-state index contributed by atoms with van der Waals surface area (Å²) in [5.41, 5.74) is 1.57. The standard InChI is InChI=1S/C16H10BrClO/c17-12-7-5-10(6-8-12)15-14(19)9-11-3-1-2-4-13(11)16(15)18/h1-9,19H. The second kappa shape index (κ2) is 4.87. The Bertz CT molecular complexity index is 751. The van der Waals surface area contributed by atoms with E-state index in [0.29, 0.717) is 10.6 Å². The van der Waals surface area contributed by atoms with Crippen LogP contribution in [-0.2, 0) is 0 Å². The van der Waals surface area contributed by atoms with Crippen LogP contribution in [0.4, 0.5) is 0 Å². The molecule has 0 aliphatic heterocycles. The number of halogens is 2. The fourth-order valence-corrected chi connectivity index (χ4v) is 2.82. The SMILES string of the molecule is Oc1cc2ccccc2c(Cl)c1-c1ccc(Br)cc1. The zero-order valence-corrected chi connectivity index (χ0v) is 12.2. The summed E-state index contributed by atoms with van der Waals surface area (Å²) in [6.45, 7) is 0. The maximum absolute atomic E-state index is 10.2. The third kappa shape index (κ3) is 2.22. The van der Waals surface area contributed by atoms with Gasteiger partial charge < -0.3 is 5.11 Å². The molecule has 0 unspecified atom stereocenters. The molecule has 0 heterocycles. The molecule has 0 amide bonds. The molecule has 0 aromatic heterocycles. The maximum Gasteiger partial charge on any atom is 0.125 e. The molecule has 1 N–H and O–H groups in total. The lowest BCUT2D eigenvalue weighted by molar-refractivity contribution is 0.478. The number of aromatic hydroxyl groups is 1. The van der Waals surface area contributed by atoms with Gasteiger partial charge in [-0.2, -0.15) is 0 Å². The Morgan fingerprint density at radius 3 is 2.37 bits per heavy atom. The fraction of sp³-hybridized carbons (Fsp3) is 0. The third-order valence-electron chi connectivity index (χ3n) is 3.10. The first-order chi connectivity index (χ1) is 9.16. The van der Waals surface area contributed by atoms with Crippen molar-refractivity contribution >= 4 is 38.3 Å². The first kappa shape index (κ1) is 12.5. The molecule has 19 heavy (non-hydrogen) atoms. The molecule has 3 aromatic rings. The van der Waals surface area contributed by atoms with Crippen LogP contribution in [0, 0.1) is 0 Å². The zero-order chi connectivity index (χ0) is 13.4. The molecule has 0 atom stereocenters.